The van der Waals surface area contributed by atoms with Crippen molar-refractivity contribution < 1.29 is 32.6 Å². The van der Waals surface area contributed by atoms with Crippen LogP contribution in [0.5, 0.6) is 5.75 Å². The molecule has 0 bridgehead atoms. The number of rotatable bonds is 3. The third-order valence-electron chi connectivity index (χ3n) is 6.56. The van der Waals surface area contributed by atoms with Crippen LogP contribution >= 0.6 is 0 Å². The van der Waals surface area contributed by atoms with Crippen molar-refractivity contribution in [3.8, 4) is 5.75 Å². The number of halogens is 3. The van der Waals surface area contributed by atoms with Crippen molar-refractivity contribution in [2.45, 2.75) is 44.3 Å². The SMILES string of the molecule is O=C(Nc1ccc2c(c1)CCN(C1CCC1)CC2)C1=Cc2ccccc2OC1.O=C(O)C(F)(F)F. The molecule has 2 N–H and O–H groups in total. The highest BCUT2D eigenvalue weighted by atomic mass is 19.4. The lowest BCUT2D eigenvalue weighted by atomic mass is 9.91. The Bertz CT molecular complexity index is 1130. The van der Waals surface area contributed by atoms with Crippen LogP contribution in [0.15, 0.2) is 48.0 Å². The second-order valence-corrected chi connectivity index (χ2v) is 8.86. The van der Waals surface area contributed by atoms with Crippen LogP contribution in [-0.4, -0.2) is 53.8 Å². The molecule has 2 aliphatic heterocycles. The molecule has 1 fully saturated rings. The number of carbonyl (C=O) groups excluding carboxylic acids is 1. The Hall–Kier alpha value is -3.33. The van der Waals surface area contributed by atoms with E-state index in [4.69, 9.17) is 14.6 Å². The number of aliphatic carboxylic acids is 1. The Morgan fingerprint density at radius 1 is 1.03 bits per heavy atom. The van der Waals surface area contributed by atoms with E-state index in [1.165, 1.54) is 30.4 Å². The van der Waals surface area contributed by atoms with Crippen LogP contribution in [0.1, 0.15) is 36.0 Å². The first kappa shape index (κ1) is 24.8. The van der Waals surface area contributed by atoms with Crippen LogP contribution in [0, 0.1) is 0 Å². The van der Waals surface area contributed by atoms with Gasteiger partial charge in [-0.2, -0.15) is 13.2 Å². The number of nitrogens with one attached hydrogen (secondary N) is 1. The Labute approximate surface area is 201 Å². The van der Waals surface area contributed by atoms with Gasteiger partial charge in [0.15, 0.2) is 0 Å². The molecule has 0 atom stereocenters. The van der Waals surface area contributed by atoms with E-state index >= 15 is 0 Å². The van der Waals surface area contributed by atoms with Gasteiger partial charge in [0.05, 0.1) is 5.57 Å². The summed E-state index contributed by atoms with van der Waals surface area (Å²) >= 11 is 0. The number of fused-ring (bicyclic) bond motifs is 2. The number of nitrogens with zero attached hydrogens (tertiary/aromatic N) is 1. The normalized spacial score (nSPS) is 17.7. The summed E-state index contributed by atoms with van der Waals surface area (Å²) in [6.07, 6.45) is 3.11. The number of amides is 1. The smallest absolute Gasteiger partial charge is 0.488 e. The average Bonchev–Trinajstić information content (AvgIpc) is 3.00. The first-order valence-corrected chi connectivity index (χ1v) is 11.6. The number of para-hydroxylation sites is 1. The number of carboxylic acid groups (broad SMARTS) is 1. The Balaban J connectivity index is 0.000000364. The van der Waals surface area contributed by atoms with Gasteiger partial charge in [0, 0.05) is 30.4 Å². The molecule has 3 aliphatic rings. The zero-order chi connectivity index (χ0) is 25.0. The number of anilines is 1. The third-order valence-corrected chi connectivity index (χ3v) is 6.56. The molecule has 0 spiro atoms. The minimum Gasteiger partial charge on any atom is -0.488 e. The molecule has 9 heteroatoms. The number of ether oxygens (including phenoxy) is 1. The molecular weight excluding hydrogens is 461 g/mol. The Morgan fingerprint density at radius 3 is 2.37 bits per heavy atom. The predicted octanol–water partition coefficient (Wildman–Crippen LogP) is 4.69. The van der Waals surface area contributed by atoms with E-state index in [-0.39, 0.29) is 5.91 Å². The van der Waals surface area contributed by atoms with Gasteiger partial charge in [-0.15, -0.1) is 0 Å². The quantitative estimate of drug-likeness (QED) is 0.656. The second kappa shape index (κ2) is 10.5. The number of benzene rings is 2. The third kappa shape index (κ3) is 6.22. The van der Waals surface area contributed by atoms with Crippen LogP contribution < -0.4 is 10.1 Å². The van der Waals surface area contributed by atoms with Crippen LogP contribution in [0.25, 0.3) is 6.08 Å². The summed E-state index contributed by atoms with van der Waals surface area (Å²) < 4.78 is 37.5. The monoisotopic (exact) mass is 488 g/mol. The topological polar surface area (TPSA) is 78.9 Å². The van der Waals surface area contributed by atoms with Crippen LogP contribution in [0.3, 0.4) is 0 Å². The number of alkyl halides is 3. The fourth-order valence-corrected chi connectivity index (χ4v) is 4.40. The Morgan fingerprint density at radius 2 is 1.71 bits per heavy atom. The Kier molecular flexibility index (Phi) is 7.45. The summed E-state index contributed by atoms with van der Waals surface area (Å²) in [5.41, 5.74) is 5.29. The lowest BCUT2D eigenvalue weighted by Gasteiger charge is -2.36. The van der Waals surface area contributed by atoms with Gasteiger partial charge in [0.1, 0.15) is 12.4 Å². The van der Waals surface area contributed by atoms with Crippen LogP contribution in [0.2, 0.25) is 0 Å². The average molecular weight is 489 g/mol. The van der Waals surface area contributed by atoms with Crippen molar-refractivity contribution in [2.75, 3.05) is 25.0 Å². The largest absolute Gasteiger partial charge is 0.490 e. The predicted molar refractivity (Wildman–Crippen MR) is 125 cm³/mol. The number of carboxylic acids is 1. The van der Waals surface area contributed by atoms with E-state index in [0.717, 1.165) is 49.0 Å². The molecule has 35 heavy (non-hydrogen) atoms. The van der Waals surface area contributed by atoms with Crippen LogP contribution in [0.4, 0.5) is 18.9 Å². The molecule has 2 aromatic rings. The van der Waals surface area contributed by atoms with E-state index in [2.05, 4.69) is 22.3 Å². The van der Waals surface area contributed by atoms with Crippen molar-refractivity contribution in [3.05, 3.63) is 64.7 Å². The van der Waals surface area contributed by atoms with E-state index in [0.29, 0.717) is 12.2 Å². The molecule has 0 radical (unpaired) electrons. The van der Waals surface area contributed by atoms with E-state index in [1.807, 2.05) is 36.4 Å². The summed E-state index contributed by atoms with van der Waals surface area (Å²) in [7, 11) is 0. The second-order valence-electron chi connectivity index (χ2n) is 8.86. The summed E-state index contributed by atoms with van der Waals surface area (Å²) in [6, 6.07) is 15.0. The van der Waals surface area contributed by atoms with Crippen molar-refractivity contribution in [1.29, 1.82) is 0 Å². The lowest BCUT2D eigenvalue weighted by Crippen LogP contribution is -2.41. The molecule has 2 heterocycles. The molecule has 1 aliphatic carbocycles. The van der Waals surface area contributed by atoms with Gasteiger partial charge in [-0.05, 0) is 61.1 Å². The fraction of sp³-hybridized carbons (Fsp3) is 0.385. The number of carbonyl (C=O) groups is 2. The minimum absolute atomic E-state index is 0.0841. The van der Waals surface area contributed by atoms with Gasteiger partial charge in [-0.3, -0.25) is 9.69 Å². The molecule has 5 rings (SSSR count). The maximum Gasteiger partial charge on any atom is 0.490 e. The van der Waals surface area contributed by atoms with Gasteiger partial charge in [-0.1, -0.05) is 30.7 Å². The highest BCUT2D eigenvalue weighted by molar-refractivity contribution is 6.07. The standard InChI is InChI=1S/C24H26N2O2.C2HF3O2/c27-24(20-14-19-4-1-2-7-23(19)28-16-20)25-21-9-8-17-10-12-26(22-5-3-6-22)13-11-18(17)15-21;3-2(4,5)1(6)7/h1-2,4,7-9,14-15,22H,3,5-6,10-13,16H2,(H,25,27);(H,6,7). The highest BCUT2D eigenvalue weighted by Crippen LogP contribution is 2.29. The number of hydrogen-bond donors (Lipinski definition) is 2. The van der Waals surface area contributed by atoms with E-state index in [1.54, 1.807) is 0 Å². The van der Waals surface area contributed by atoms with Crippen LogP contribution in [-0.2, 0) is 22.4 Å². The van der Waals surface area contributed by atoms with Crippen molar-refractivity contribution in [1.82, 2.24) is 4.90 Å². The highest BCUT2D eigenvalue weighted by Gasteiger charge is 2.38. The van der Waals surface area contributed by atoms with Gasteiger partial charge in [0.2, 0.25) is 0 Å². The molecule has 0 aromatic heterocycles. The first-order chi connectivity index (χ1) is 16.7. The van der Waals surface area contributed by atoms with Crippen molar-refractivity contribution in [2.24, 2.45) is 0 Å². The summed E-state index contributed by atoms with van der Waals surface area (Å²) in [6.45, 7) is 2.60. The molecule has 1 amide bonds. The summed E-state index contributed by atoms with van der Waals surface area (Å²) in [5, 5.41) is 10.2. The number of hydrogen-bond acceptors (Lipinski definition) is 4. The molecular formula is C26H27F3N2O4. The maximum atomic E-state index is 12.7. The van der Waals surface area contributed by atoms with E-state index in [9.17, 15) is 18.0 Å². The van der Waals surface area contributed by atoms with Crippen molar-refractivity contribution >= 4 is 23.6 Å². The van der Waals surface area contributed by atoms with Gasteiger partial charge in [0.25, 0.3) is 5.91 Å². The molecule has 0 saturated heterocycles. The van der Waals surface area contributed by atoms with Gasteiger partial charge >= 0.3 is 12.1 Å². The maximum absolute atomic E-state index is 12.7. The minimum atomic E-state index is -5.08. The molecule has 186 valence electrons. The molecule has 6 nitrogen and oxygen atoms in total. The van der Waals surface area contributed by atoms with Gasteiger partial charge in [-0.25, -0.2) is 4.79 Å². The fourth-order valence-electron chi connectivity index (χ4n) is 4.40. The zero-order valence-electron chi connectivity index (χ0n) is 19.1. The molecule has 0 unspecified atom stereocenters. The molecule has 2 aromatic carbocycles. The molecule has 1 saturated carbocycles. The summed E-state index contributed by atoms with van der Waals surface area (Å²) in [4.78, 5) is 24.3. The van der Waals surface area contributed by atoms with Crippen molar-refractivity contribution in [3.63, 3.8) is 0 Å². The first-order valence-electron chi connectivity index (χ1n) is 11.6. The van der Waals surface area contributed by atoms with E-state index < -0.39 is 12.1 Å². The summed E-state index contributed by atoms with van der Waals surface area (Å²) in [5.74, 6) is -2.01. The zero-order valence-corrected chi connectivity index (χ0v) is 19.1. The lowest BCUT2D eigenvalue weighted by molar-refractivity contribution is -0.192. The van der Waals surface area contributed by atoms with Gasteiger partial charge < -0.3 is 15.2 Å².